The number of methoxy groups -OCH3 is 1. The molecule has 0 radical (unpaired) electrons. The third-order valence-corrected chi connectivity index (χ3v) is 5.58. The molecule has 0 fully saturated rings. The monoisotopic (exact) mass is 362 g/mol. The molecule has 134 valence electrons. The van der Waals surface area contributed by atoms with Crippen LogP contribution in [0.4, 0.5) is 5.69 Å². The summed E-state index contributed by atoms with van der Waals surface area (Å²) < 4.78 is 31.2. The van der Waals surface area contributed by atoms with Gasteiger partial charge < -0.3 is 10.1 Å². The van der Waals surface area contributed by atoms with Crippen molar-refractivity contribution in [2.75, 3.05) is 26.0 Å². The molecule has 6 nitrogen and oxygen atoms in total. The summed E-state index contributed by atoms with van der Waals surface area (Å²) in [5.74, 6) is 0.398. The van der Waals surface area contributed by atoms with E-state index in [1.165, 1.54) is 18.5 Å². The predicted octanol–water partition coefficient (Wildman–Crippen LogP) is 2.73. The van der Waals surface area contributed by atoms with E-state index in [4.69, 9.17) is 4.74 Å². The standard InChI is InChI=1S/C18H22N2O4S/c1-20(25(22,23)15-9-4-3-5-10-15)14-8-13-18(21)19-16-11-6-7-12-17(16)24-2/h3-7,9-12H,8,13-14H2,1-2H3,(H,19,21). The maximum Gasteiger partial charge on any atom is 0.242 e. The van der Waals surface area contributed by atoms with Gasteiger partial charge in [-0.1, -0.05) is 30.3 Å². The minimum absolute atomic E-state index is 0.185. The first kappa shape index (κ1) is 19.0. The Hall–Kier alpha value is -2.38. The molecule has 0 aliphatic carbocycles. The second-order valence-corrected chi connectivity index (χ2v) is 7.54. The van der Waals surface area contributed by atoms with Gasteiger partial charge in [0.25, 0.3) is 0 Å². The number of nitrogens with one attached hydrogen (secondary N) is 1. The summed E-state index contributed by atoms with van der Waals surface area (Å²) in [7, 11) is -0.474. The van der Waals surface area contributed by atoms with Crippen molar-refractivity contribution in [1.29, 1.82) is 0 Å². The molecule has 2 aromatic rings. The van der Waals surface area contributed by atoms with Gasteiger partial charge in [-0.25, -0.2) is 12.7 Å². The van der Waals surface area contributed by atoms with Crippen molar-refractivity contribution >= 4 is 21.6 Å². The fraction of sp³-hybridized carbons (Fsp3) is 0.278. The second-order valence-electron chi connectivity index (χ2n) is 5.49. The van der Waals surface area contributed by atoms with Crippen molar-refractivity contribution in [3.05, 3.63) is 54.6 Å². The van der Waals surface area contributed by atoms with Gasteiger partial charge in [-0.3, -0.25) is 4.79 Å². The Morgan fingerprint density at radius 1 is 1.08 bits per heavy atom. The van der Waals surface area contributed by atoms with E-state index in [1.54, 1.807) is 48.5 Å². The number of sulfonamides is 1. The Kier molecular flexibility index (Phi) is 6.55. The van der Waals surface area contributed by atoms with Crippen LogP contribution in [0.5, 0.6) is 5.75 Å². The molecular weight excluding hydrogens is 340 g/mol. The molecule has 1 N–H and O–H groups in total. The Balaban J connectivity index is 1.86. The van der Waals surface area contributed by atoms with Crippen LogP contribution in [0.15, 0.2) is 59.5 Å². The zero-order valence-corrected chi connectivity index (χ0v) is 15.1. The lowest BCUT2D eigenvalue weighted by Gasteiger charge is -2.17. The molecule has 0 heterocycles. The molecule has 0 saturated heterocycles. The maximum atomic E-state index is 12.4. The first-order chi connectivity index (χ1) is 11.9. The van der Waals surface area contributed by atoms with Crippen LogP contribution in [0.3, 0.4) is 0 Å². The van der Waals surface area contributed by atoms with Gasteiger partial charge in [-0.2, -0.15) is 0 Å². The molecule has 0 aromatic heterocycles. The van der Waals surface area contributed by atoms with Crippen LogP contribution in [0.2, 0.25) is 0 Å². The highest BCUT2D eigenvalue weighted by atomic mass is 32.2. The lowest BCUT2D eigenvalue weighted by molar-refractivity contribution is -0.116. The van der Waals surface area contributed by atoms with Crippen LogP contribution in [-0.4, -0.2) is 39.3 Å². The molecule has 7 heteroatoms. The van der Waals surface area contributed by atoms with E-state index in [9.17, 15) is 13.2 Å². The fourth-order valence-electron chi connectivity index (χ4n) is 2.32. The fourth-order valence-corrected chi connectivity index (χ4v) is 3.55. The summed E-state index contributed by atoms with van der Waals surface area (Å²) in [5, 5.41) is 2.77. The number of benzene rings is 2. The van der Waals surface area contributed by atoms with E-state index >= 15 is 0 Å². The minimum atomic E-state index is -3.52. The van der Waals surface area contributed by atoms with E-state index in [0.717, 1.165) is 0 Å². The van der Waals surface area contributed by atoms with E-state index in [0.29, 0.717) is 17.9 Å². The molecule has 0 spiro atoms. The zero-order chi connectivity index (χ0) is 18.3. The van der Waals surface area contributed by atoms with Crippen molar-refractivity contribution in [3.8, 4) is 5.75 Å². The molecule has 2 rings (SSSR count). The lowest BCUT2D eigenvalue weighted by atomic mass is 10.2. The average molecular weight is 362 g/mol. The van der Waals surface area contributed by atoms with Crippen LogP contribution in [-0.2, 0) is 14.8 Å². The van der Waals surface area contributed by atoms with Crippen molar-refractivity contribution in [1.82, 2.24) is 4.31 Å². The Morgan fingerprint density at radius 3 is 2.40 bits per heavy atom. The molecule has 0 aliphatic rings. The number of carbonyl (C=O) groups excluding carboxylic acids is 1. The quantitative estimate of drug-likeness (QED) is 0.783. The Labute approximate surface area is 148 Å². The van der Waals surface area contributed by atoms with Crippen molar-refractivity contribution in [2.24, 2.45) is 0 Å². The summed E-state index contributed by atoms with van der Waals surface area (Å²) in [5.41, 5.74) is 0.597. The zero-order valence-electron chi connectivity index (χ0n) is 14.3. The maximum absolute atomic E-state index is 12.4. The van der Waals surface area contributed by atoms with Crippen molar-refractivity contribution in [2.45, 2.75) is 17.7 Å². The van der Waals surface area contributed by atoms with Gasteiger partial charge in [-0.15, -0.1) is 0 Å². The van der Waals surface area contributed by atoms with Crippen molar-refractivity contribution < 1.29 is 17.9 Å². The minimum Gasteiger partial charge on any atom is -0.495 e. The van der Waals surface area contributed by atoms with E-state index < -0.39 is 10.0 Å². The van der Waals surface area contributed by atoms with Gasteiger partial charge in [0.1, 0.15) is 5.75 Å². The summed E-state index contributed by atoms with van der Waals surface area (Å²) >= 11 is 0. The van der Waals surface area contributed by atoms with E-state index in [-0.39, 0.29) is 23.8 Å². The SMILES string of the molecule is COc1ccccc1NC(=O)CCCN(C)S(=O)(=O)c1ccccc1. The molecular formula is C18H22N2O4S. The second kappa shape index (κ2) is 8.64. The average Bonchev–Trinajstić information content (AvgIpc) is 2.62. The summed E-state index contributed by atoms with van der Waals surface area (Å²) in [4.78, 5) is 12.3. The predicted molar refractivity (Wildman–Crippen MR) is 97.1 cm³/mol. The molecule has 2 aromatic carbocycles. The van der Waals surface area contributed by atoms with Gasteiger partial charge in [0.15, 0.2) is 0 Å². The number of hydrogen-bond donors (Lipinski definition) is 1. The Bertz CT molecular complexity index is 807. The van der Waals surface area contributed by atoms with Crippen LogP contribution in [0.1, 0.15) is 12.8 Å². The van der Waals surface area contributed by atoms with Crippen LogP contribution >= 0.6 is 0 Å². The molecule has 0 unspecified atom stereocenters. The number of rotatable bonds is 8. The van der Waals surface area contributed by atoms with E-state index in [2.05, 4.69) is 5.32 Å². The molecule has 1 amide bonds. The number of para-hydroxylation sites is 2. The Morgan fingerprint density at radius 2 is 1.72 bits per heavy atom. The van der Waals surface area contributed by atoms with Gasteiger partial charge in [0.2, 0.25) is 15.9 Å². The number of hydrogen-bond acceptors (Lipinski definition) is 4. The van der Waals surface area contributed by atoms with Crippen LogP contribution in [0, 0.1) is 0 Å². The summed E-state index contributed by atoms with van der Waals surface area (Å²) in [6.45, 7) is 0.260. The van der Waals surface area contributed by atoms with Gasteiger partial charge in [-0.05, 0) is 30.7 Å². The first-order valence-electron chi connectivity index (χ1n) is 7.89. The number of anilines is 1. The van der Waals surface area contributed by atoms with Gasteiger partial charge in [0.05, 0.1) is 17.7 Å². The molecule has 0 bridgehead atoms. The van der Waals surface area contributed by atoms with Gasteiger partial charge in [0, 0.05) is 20.0 Å². The lowest BCUT2D eigenvalue weighted by Crippen LogP contribution is -2.28. The highest BCUT2D eigenvalue weighted by Gasteiger charge is 2.20. The van der Waals surface area contributed by atoms with Crippen molar-refractivity contribution in [3.63, 3.8) is 0 Å². The largest absolute Gasteiger partial charge is 0.495 e. The molecule has 25 heavy (non-hydrogen) atoms. The first-order valence-corrected chi connectivity index (χ1v) is 9.33. The van der Waals surface area contributed by atoms with E-state index in [1.807, 2.05) is 6.07 Å². The number of nitrogens with zero attached hydrogens (tertiary/aromatic N) is 1. The highest BCUT2D eigenvalue weighted by Crippen LogP contribution is 2.23. The number of ether oxygens (including phenoxy) is 1. The number of amides is 1. The third kappa shape index (κ3) is 5.04. The van der Waals surface area contributed by atoms with Crippen LogP contribution < -0.4 is 10.1 Å². The van der Waals surface area contributed by atoms with Crippen LogP contribution in [0.25, 0.3) is 0 Å². The summed E-state index contributed by atoms with van der Waals surface area (Å²) in [6, 6.07) is 15.4. The molecule has 0 saturated carbocycles. The summed E-state index contributed by atoms with van der Waals surface area (Å²) in [6.07, 6.45) is 0.635. The molecule has 0 atom stereocenters. The topological polar surface area (TPSA) is 75.7 Å². The highest BCUT2D eigenvalue weighted by molar-refractivity contribution is 7.89. The number of carbonyl (C=O) groups is 1. The third-order valence-electron chi connectivity index (χ3n) is 3.71. The molecule has 0 aliphatic heterocycles. The normalized spacial score (nSPS) is 11.3. The van der Waals surface area contributed by atoms with Gasteiger partial charge >= 0.3 is 0 Å². The smallest absolute Gasteiger partial charge is 0.242 e.